The Hall–Kier alpha value is -1.55. The number of piperidine rings is 1. The minimum absolute atomic E-state index is 0. The van der Waals surface area contributed by atoms with Crippen LogP contribution in [0.25, 0.3) is 0 Å². The van der Waals surface area contributed by atoms with E-state index in [1.54, 1.807) is 13.1 Å². The van der Waals surface area contributed by atoms with Crippen molar-refractivity contribution in [1.82, 2.24) is 10.2 Å². The van der Waals surface area contributed by atoms with E-state index in [2.05, 4.69) is 15.6 Å². The largest absolute Gasteiger partial charge is 0.466 e. The molecule has 1 amide bonds. The van der Waals surface area contributed by atoms with Gasteiger partial charge in [-0.15, -0.1) is 24.0 Å². The van der Waals surface area contributed by atoms with Gasteiger partial charge in [-0.25, -0.2) is 0 Å². The molecule has 1 heterocycles. The zero-order chi connectivity index (χ0) is 20.5. The number of halogens is 2. The maximum Gasteiger partial charge on any atom is 0.310 e. The predicted octanol–water partition coefficient (Wildman–Crippen LogP) is 3.45. The highest BCUT2D eigenvalue weighted by atomic mass is 127. The number of carbonyl (C=O) groups is 2. The fourth-order valence-corrected chi connectivity index (χ4v) is 3.46. The maximum absolute atomic E-state index is 12.2. The number of benzene rings is 1. The smallest absolute Gasteiger partial charge is 0.310 e. The summed E-state index contributed by atoms with van der Waals surface area (Å²) in [5.74, 6) is 0.267. The second kappa shape index (κ2) is 12.9. The SMILES string of the molecule is CCOC(=O)C1CCCN(C(=NC)NCCC(=O)Nc2ccc(C)cc2Cl)C1.I. The summed E-state index contributed by atoms with van der Waals surface area (Å²) in [5, 5.41) is 6.54. The molecule has 0 saturated carbocycles. The first kappa shape index (κ1) is 25.5. The molecule has 0 aromatic heterocycles. The van der Waals surface area contributed by atoms with Crippen LogP contribution in [0.1, 0.15) is 31.7 Å². The van der Waals surface area contributed by atoms with Crippen molar-refractivity contribution in [2.75, 3.05) is 38.6 Å². The molecule has 0 radical (unpaired) electrons. The van der Waals surface area contributed by atoms with Gasteiger partial charge in [0.25, 0.3) is 0 Å². The molecule has 1 aliphatic heterocycles. The number of nitrogens with one attached hydrogen (secondary N) is 2. The summed E-state index contributed by atoms with van der Waals surface area (Å²) >= 11 is 6.15. The van der Waals surface area contributed by atoms with Crippen LogP contribution in [0.2, 0.25) is 5.02 Å². The van der Waals surface area contributed by atoms with E-state index in [4.69, 9.17) is 16.3 Å². The van der Waals surface area contributed by atoms with Gasteiger partial charge in [0.15, 0.2) is 5.96 Å². The third-order valence-electron chi connectivity index (χ3n) is 4.59. The molecule has 0 bridgehead atoms. The normalized spacial score (nSPS) is 16.6. The van der Waals surface area contributed by atoms with E-state index in [-0.39, 0.29) is 48.2 Å². The number of aryl methyl sites for hydroxylation is 1. The van der Waals surface area contributed by atoms with Gasteiger partial charge >= 0.3 is 5.97 Å². The van der Waals surface area contributed by atoms with Crippen molar-refractivity contribution in [1.29, 1.82) is 0 Å². The van der Waals surface area contributed by atoms with Crippen molar-refractivity contribution < 1.29 is 14.3 Å². The van der Waals surface area contributed by atoms with Gasteiger partial charge in [0.2, 0.25) is 5.91 Å². The second-order valence-corrected chi connectivity index (χ2v) is 7.20. The zero-order valence-corrected chi connectivity index (χ0v) is 20.3. The van der Waals surface area contributed by atoms with Crippen molar-refractivity contribution in [3.05, 3.63) is 28.8 Å². The number of aliphatic imine (C=N–C) groups is 1. The zero-order valence-electron chi connectivity index (χ0n) is 17.2. The number of esters is 1. The van der Waals surface area contributed by atoms with E-state index in [1.807, 2.05) is 30.9 Å². The monoisotopic (exact) mass is 536 g/mol. The van der Waals surface area contributed by atoms with E-state index < -0.39 is 0 Å². The van der Waals surface area contributed by atoms with E-state index >= 15 is 0 Å². The third-order valence-corrected chi connectivity index (χ3v) is 4.90. The van der Waals surface area contributed by atoms with Crippen LogP contribution in [0, 0.1) is 12.8 Å². The van der Waals surface area contributed by atoms with E-state index in [1.165, 1.54) is 0 Å². The quantitative estimate of drug-likeness (QED) is 0.252. The number of anilines is 1. The number of guanidine groups is 1. The topological polar surface area (TPSA) is 83.0 Å². The van der Waals surface area contributed by atoms with Crippen molar-refractivity contribution in [3.63, 3.8) is 0 Å². The highest BCUT2D eigenvalue weighted by Crippen LogP contribution is 2.22. The molecular formula is C20H30ClIN4O3. The van der Waals surface area contributed by atoms with Gasteiger partial charge < -0.3 is 20.3 Å². The number of carbonyl (C=O) groups excluding carboxylic acids is 2. The number of nitrogens with zero attached hydrogens (tertiary/aromatic N) is 2. The van der Waals surface area contributed by atoms with E-state index in [0.717, 1.165) is 24.9 Å². The lowest BCUT2D eigenvalue weighted by Gasteiger charge is -2.33. The lowest BCUT2D eigenvalue weighted by molar-refractivity contribution is -0.149. The summed E-state index contributed by atoms with van der Waals surface area (Å²) < 4.78 is 5.14. The van der Waals surface area contributed by atoms with Crippen LogP contribution in [0.5, 0.6) is 0 Å². The first-order chi connectivity index (χ1) is 13.4. The first-order valence-corrected chi connectivity index (χ1v) is 10.0. The summed E-state index contributed by atoms with van der Waals surface area (Å²) in [6.45, 7) is 5.98. The number of likely N-dealkylation sites (tertiary alicyclic amines) is 1. The molecule has 162 valence electrons. The van der Waals surface area contributed by atoms with Crippen LogP contribution in [-0.4, -0.2) is 56.0 Å². The van der Waals surface area contributed by atoms with Gasteiger partial charge in [-0.3, -0.25) is 14.6 Å². The van der Waals surface area contributed by atoms with Gasteiger partial charge in [-0.1, -0.05) is 17.7 Å². The standard InChI is InChI=1S/C20H29ClN4O3.HI/c1-4-28-19(27)15-6-5-11-25(13-15)20(22-3)23-10-9-18(26)24-17-8-7-14(2)12-16(17)21;/h7-8,12,15H,4-6,9-11,13H2,1-3H3,(H,22,23)(H,24,26);1H. The molecule has 29 heavy (non-hydrogen) atoms. The molecule has 9 heteroatoms. The number of rotatable bonds is 6. The molecular weight excluding hydrogens is 507 g/mol. The summed E-state index contributed by atoms with van der Waals surface area (Å²) in [4.78, 5) is 30.5. The Kier molecular flexibility index (Phi) is 11.3. The van der Waals surface area contributed by atoms with Crippen LogP contribution in [-0.2, 0) is 14.3 Å². The molecule has 1 fully saturated rings. The fraction of sp³-hybridized carbons (Fsp3) is 0.550. The molecule has 1 saturated heterocycles. The van der Waals surface area contributed by atoms with Crippen molar-refractivity contribution in [2.45, 2.75) is 33.1 Å². The number of hydrogen-bond donors (Lipinski definition) is 2. The minimum Gasteiger partial charge on any atom is -0.466 e. The number of hydrogen-bond acceptors (Lipinski definition) is 4. The summed E-state index contributed by atoms with van der Waals surface area (Å²) in [7, 11) is 1.70. The average Bonchev–Trinajstić information content (AvgIpc) is 2.68. The summed E-state index contributed by atoms with van der Waals surface area (Å²) in [6.07, 6.45) is 2.00. The molecule has 0 aliphatic carbocycles. The van der Waals surface area contributed by atoms with Crippen molar-refractivity contribution in [2.24, 2.45) is 10.9 Å². The summed E-state index contributed by atoms with van der Waals surface area (Å²) in [5.41, 5.74) is 1.64. The lowest BCUT2D eigenvalue weighted by atomic mass is 9.98. The van der Waals surface area contributed by atoms with Gasteiger partial charge in [0, 0.05) is 33.1 Å². The van der Waals surface area contributed by atoms with Gasteiger partial charge in [0.05, 0.1) is 23.2 Å². The Bertz CT molecular complexity index is 730. The molecule has 1 aromatic carbocycles. The molecule has 2 N–H and O–H groups in total. The molecule has 1 aromatic rings. The second-order valence-electron chi connectivity index (χ2n) is 6.79. The van der Waals surface area contributed by atoms with Gasteiger partial charge in [0.1, 0.15) is 0 Å². The third kappa shape index (κ3) is 8.00. The maximum atomic E-state index is 12.2. The Balaban J connectivity index is 0.00000420. The Morgan fingerprint density at radius 1 is 1.38 bits per heavy atom. The van der Waals surface area contributed by atoms with Gasteiger partial charge in [-0.05, 0) is 44.4 Å². The van der Waals surface area contributed by atoms with E-state index in [0.29, 0.717) is 36.4 Å². The Morgan fingerprint density at radius 2 is 2.14 bits per heavy atom. The number of ether oxygens (including phenoxy) is 1. The predicted molar refractivity (Wildman–Crippen MR) is 127 cm³/mol. The van der Waals surface area contributed by atoms with Crippen LogP contribution in [0.15, 0.2) is 23.2 Å². The van der Waals surface area contributed by atoms with Crippen molar-refractivity contribution in [3.8, 4) is 0 Å². The highest BCUT2D eigenvalue weighted by molar-refractivity contribution is 14.0. The Morgan fingerprint density at radius 3 is 2.79 bits per heavy atom. The Labute approximate surface area is 194 Å². The highest BCUT2D eigenvalue weighted by Gasteiger charge is 2.28. The van der Waals surface area contributed by atoms with Crippen LogP contribution >= 0.6 is 35.6 Å². The number of amides is 1. The average molecular weight is 537 g/mol. The first-order valence-electron chi connectivity index (χ1n) is 9.62. The summed E-state index contributed by atoms with van der Waals surface area (Å²) in [6, 6.07) is 5.51. The molecule has 2 rings (SSSR count). The molecule has 1 unspecified atom stereocenters. The molecule has 7 nitrogen and oxygen atoms in total. The van der Waals surface area contributed by atoms with Crippen molar-refractivity contribution >= 4 is 59.1 Å². The van der Waals surface area contributed by atoms with Crippen LogP contribution in [0.3, 0.4) is 0 Å². The van der Waals surface area contributed by atoms with Crippen LogP contribution in [0.4, 0.5) is 5.69 Å². The minimum atomic E-state index is -0.156. The lowest BCUT2D eigenvalue weighted by Crippen LogP contribution is -2.48. The van der Waals surface area contributed by atoms with E-state index in [9.17, 15) is 9.59 Å². The molecule has 1 atom stereocenters. The molecule has 1 aliphatic rings. The molecule has 0 spiro atoms. The van der Waals surface area contributed by atoms with Crippen LogP contribution < -0.4 is 10.6 Å². The fourth-order valence-electron chi connectivity index (χ4n) is 3.18. The van der Waals surface area contributed by atoms with Gasteiger partial charge in [-0.2, -0.15) is 0 Å².